The lowest BCUT2D eigenvalue weighted by molar-refractivity contribution is -0.155. The van der Waals surface area contributed by atoms with Crippen LogP contribution in [0, 0.1) is 11.7 Å². The first-order valence-corrected chi connectivity index (χ1v) is 12.7. The summed E-state index contributed by atoms with van der Waals surface area (Å²) in [6.07, 6.45) is 1.80. The summed E-state index contributed by atoms with van der Waals surface area (Å²) in [7, 11) is 0. The molecule has 0 unspecified atom stereocenters. The fourth-order valence-electron chi connectivity index (χ4n) is 4.29. The van der Waals surface area contributed by atoms with Gasteiger partial charge in [0.15, 0.2) is 11.6 Å². The van der Waals surface area contributed by atoms with E-state index >= 15 is 4.39 Å². The molecule has 39 heavy (non-hydrogen) atoms. The first-order valence-electron chi connectivity index (χ1n) is 12.7. The van der Waals surface area contributed by atoms with Crippen molar-refractivity contribution >= 4 is 40.1 Å². The molecule has 0 saturated heterocycles. The largest absolute Gasteiger partial charge is 0.460 e. The molecule has 0 fully saturated rings. The Bertz CT molecular complexity index is 1490. The van der Waals surface area contributed by atoms with Gasteiger partial charge in [-0.25, -0.2) is 9.37 Å². The molecule has 0 aliphatic rings. The van der Waals surface area contributed by atoms with E-state index in [9.17, 15) is 9.59 Å². The topological polar surface area (TPSA) is 119 Å². The van der Waals surface area contributed by atoms with E-state index in [2.05, 4.69) is 20.6 Å². The van der Waals surface area contributed by atoms with Gasteiger partial charge in [-0.05, 0) is 62.6 Å². The molecule has 0 saturated carbocycles. The van der Waals surface area contributed by atoms with Crippen molar-refractivity contribution in [2.75, 3.05) is 10.6 Å². The number of ether oxygens (including phenoxy) is 1. The Balaban J connectivity index is 1.67. The second kappa shape index (κ2) is 11.5. The monoisotopic (exact) mass is 529 g/mol. The molecular weight excluding hydrogens is 497 g/mol. The maximum Gasteiger partial charge on any atom is 0.306 e. The highest BCUT2D eigenvalue weighted by molar-refractivity contribution is 5.99. The molecule has 2 aromatic heterocycles. The van der Waals surface area contributed by atoms with Crippen molar-refractivity contribution in [2.45, 2.75) is 45.8 Å². The highest BCUT2D eigenvalue weighted by atomic mass is 19.1. The number of aromatic nitrogens is 2. The van der Waals surface area contributed by atoms with Crippen LogP contribution < -0.4 is 16.4 Å². The molecule has 4 rings (SSSR count). The lowest BCUT2D eigenvalue weighted by Crippen LogP contribution is -2.28. The molecule has 8 nitrogen and oxygen atoms in total. The van der Waals surface area contributed by atoms with Gasteiger partial charge in [-0.2, -0.15) is 0 Å². The Morgan fingerprint density at radius 3 is 2.46 bits per heavy atom. The molecule has 4 aromatic rings. The van der Waals surface area contributed by atoms with Crippen LogP contribution in [0.25, 0.3) is 10.9 Å². The van der Waals surface area contributed by atoms with Gasteiger partial charge in [-0.15, -0.1) is 0 Å². The van der Waals surface area contributed by atoms with Crippen LogP contribution in [0.4, 0.5) is 21.7 Å². The summed E-state index contributed by atoms with van der Waals surface area (Å²) in [5.74, 6) is -2.21. The second-order valence-electron chi connectivity index (χ2n) is 10.4. The summed E-state index contributed by atoms with van der Waals surface area (Å²) in [6, 6.07) is 19.2. The quantitative estimate of drug-likeness (QED) is 0.223. The van der Waals surface area contributed by atoms with Crippen molar-refractivity contribution in [3.8, 4) is 0 Å². The van der Waals surface area contributed by atoms with E-state index in [0.717, 1.165) is 22.5 Å². The molecule has 202 valence electrons. The first kappa shape index (κ1) is 27.5. The van der Waals surface area contributed by atoms with E-state index in [1.807, 2.05) is 82.3 Å². The number of nitrogens with one attached hydrogen (secondary N) is 2. The molecule has 0 aliphatic carbocycles. The second-order valence-corrected chi connectivity index (χ2v) is 10.4. The van der Waals surface area contributed by atoms with Gasteiger partial charge in [0.25, 0.3) is 5.91 Å². The average Bonchev–Trinajstić information content (AvgIpc) is 2.87. The van der Waals surface area contributed by atoms with Crippen LogP contribution in [-0.4, -0.2) is 27.4 Å². The van der Waals surface area contributed by atoms with Gasteiger partial charge >= 0.3 is 5.97 Å². The van der Waals surface area contributed by atoms with Crippen molar-refractivity contribution in [1.82, 2.24) is 9.97 Å². The molecular formula is C30H32FN5O3. The van der Waals surface area contributed by atoms with Crippen LogP contribution in [-0.2, 0) is 9.53 Å². The number of hydrogen-bond acceptors (Lipinski definition) is 7. The first-order chi connectivity index (χ1) is 18.5. The van der Waals surface area contributed by atoms with E-state index in [4.69, 9.17) is 10.5 Å². The fraction of sp³-hybridized carbons (Fsp3) is 0.267. The van der Waals surface area contributed by atoms with Crippen LogP contribution >= 0.6 is 0 Å². The van der Waals surface area contributed by atoms with Gasteiger partial charge in [-0.3, -0.25) is 14.6 Å². The molecule has 4 N–H and O–H groups in total. The van der Waals surface area contributed by atoms with E-state index in [0.29, 0.717) is 5.69 Å². The zero-order valence-corrected chi connectivity index (χ0v) is 22.4. The molecule has 9 heteroatoms. The van der Waals surface area contributed by atoms with E-state index < -0.39 is 23.4 Å². The van der Waals surface area contributed by atoms with Crippen LogP contribution in [0.15, 0.2) is 72.9 Å². The molecule has 0 bridgehead atoms. The zero-order chi connectivity index (χ0) is 28.2. The highest BCUT2D eigenvalue weighted by Crippen LogP contribution is 2.32. The number of esters is 1. The minimum Gasteiger partial charge on any atom is -0.460 e. The maximum absolute atomic E-state index is 15.3. The van der Waals surface area contributed by atoms with Gasteiger partial charge in [0.2, 0.25) is 0 Å². The number of pyridine rings is 2. The zero-order valence-electron chi connectivity index (χ0n) is 22.4. The van der Waals surface area contributed by atoms with Crippen LogP contribution in [0.5, 0.6) is 0 Å². The van der Waals surface area contributed by atoms with Gasteiger partial charge in [0.05, 0.1) is 23.5 Å². The molecule has 0 aliphatic heterocycles. The Morgan fingerprint density at radius 1 is 1.03 bits per heavy atom. The van der Waals surface area contributed by atoms with Crippen molar-refractivity contribution in [1.29, 1.82) is 0 Å². The van der Waals surface area contributed by atoms with E-state index in [1.165, 1.54) is 0 Å². The number of benzene rings is 2. The van der Waals surface area contributed by atoms with Gasteiger partial charge in [0.1, 0.15) is 11.4 Å². The fourth-order valence-corrected chi connectivity index (χ4v) is 4.29. The molecule has 0 radical (unpaired) electrons. The Hall–Kier alpha value is -4.53. The van der Waals surface area contributed by atoms with Gasteiger partial charge in [-0.1, -0.05) is 43.3 Å². The number of nitrogens with two attached hydrogens (primary N) is 1. The number of carbonyl (C=O) groups excluding carboxylic acids is 2. The van der Waals surface area contributed by atoms with Gasteiger partial charge < -0.3 is 21.1 Å². The number of anilines is 3. The molecule has 2 heterocycles. The van der Waals surface area contributed by atoms with Crippen LogP contribution in [0.2, 0.25) is 0 Å². The Labute approximate surface area is 226 Å². The third-order valence-corrected chi connectivity index (χ3v) is 6.04. The number of carbonyl (C=O) groups is 2. The summed E-state index contributed by atoms with van der Waals surface area (Å²) in [6.45, 7) is 7.31. The average molecular weight is 530 g/mol. The van der Waals surface area contributed by atoms with Crippen molar-refractivity contribution in [3.05, 3.63) is 89.9 Å². The van der Waals surface area contributed by atoms with Crippen LogP contribution in [0.1, 0.15) is 56.1 Å². The third kappa shape index (κ3) is 7.07. The SMILES string of the molecule is C[C@H](CC(=O)OC(C)(C)C)[C@H](Nc1nc(Nc2ccc3ncccc3c2)c(C(N)=O)cc1F)c1ccccc1. The van der Waals surface area contributed by atoms with Crippen LogP contribution in [0.3, 0.4) is 0 Å². The number of halogens is 1. The molecule has 2 atom stereocenters. The maximum atomic E-state index is 15.3. The number of amides is 1. The number of nitrogens with zero attached hydrogens (tertiary/aromatic N) is 2. The smallest absolute Gasteiger partial charge is 0.306 e. The van der Waals surface area contributed by atoms with E-state index in [1.54, 1.807) is 12.3 Å². The van der Waals surface area contributed by atoms with Crippen molar-refractivity contribution in [3.63, 3.8) is 0 Å². The Kier molecular flexibility index (Phi) is 8.09. The lowest BCUT2D eigenvalue weighted by Gasteiger charge is -2.28. The summed E-state index contributed by atoms with van der Waals surface area (Å²) in [4.78, 5) is 33.5. The third-order valence-electron chi connectivity index (χ3n) is 6.04. The summed E-state index contributed by atoms with van der Waals surface area (Å²) in [5, 5.41) is 7.13. The normalized spacial score (nSPS) is 12.9. The molecule has 0 spiro atoms. The Morgan fingerprint density at radius 2 is 1.77 bits per heavy atom. The standard InChI is InChI=1S/C30H32FN5O3/c1-18(15-25(37)39-30(2,3)4)26(19-9-6-5-7-10-19)35-29-23(31)17-22(27(32)38)28(36-29)34-21-12-13-24-20(16-21)11-8-14-33-24/h5-14,16-18,26H,15H2,1-4H3,(H2,32,38)(H2,34,35,36)/t18-,26+/m1/s1. The summed E-state index contributed by atoms with van der Waals surface area (Å²) < 4.78 is 20.8. The predicted octanol–water partition coefficient (Wildman–Crippen LogP) is 6.13. The van der Waals surface area contributed by atoms with Crippen molar-refractivity contribution < 1.29 is 18.7 Å². The van der Waals surface area contributed by atoms with Crippen molar-refractivity contribution in [2.24, 2.45) is 11.7 Å². The number of primary amides is 1. The van der Waals surface area contributed by atoms with E-state index in [-0.39, 0.29) is 35.5 Å². The highest BCUT2D eigenvalue weighted by Gasteiger charge is 2.27. The lowest BCUT2D eigenvalue weighted by atomic mass is 9.91. The summed E-state index contributed by atoms with van der Waals surface area (Å²) in [5.41, 5.74) is 7.11. The number of hydrogen-bond donors (Lipinski definition) is 3. The molecule has 2 aromatic carbocycles. The summed E-state index contributed by atoms with van der Waals surface area (Å²) >= 11 is 0. The van der Waals surface area contributed by atoms with Gasteiger partial charge in [0, 0.05) is 17.3 Å². The predicted molar refractivity (Wildman–Crippen MR) is 150 cm³/mol. The minimum absolute atomic E-state index is 0.0881. The number of rotatable bonds is 9. The number of fused-ring (bicyclic) bond motifs is 1. The molecule has 1 amide bonds. The minimum atomic E-state index is -0.823.